The van der Waals surface area contributed by atoms with E-state index in [0.29, 0.717) is 0 Å². The van der Waals surface area contributed by atoms with Crippen LogP contribution in [0.1, 0.15) is 149 Å². The highest BCUT2D eigenvalue weighted by atomic mass is 15.2. The van der Waals surface area contributed by atoms with Crippen molar-refractivity contribution in [2.24, 2.45) is 5.41 Å². The van der Waals surface area contributed by atoms with Gasteiger partial charge in [-0.05, 0) is 121 Å². The molecule has 0 saturated carbocycles. The van der Waals surface area contributed by atoms with Crippen LogP contribution in [0.5, 0.6) is 0 Å². The van der Waals surface area contributed by atoms with Crippen molar-refractivity contribution < 1.29 is 0 Å². The monoisotopic (exact) mass is 719 g/mol. The number of nitrogens with one attached hydrogen (secondary N) is 1. The molecule has 4 aromatic rings. The lowest BCUT2D eigenvalue weighted by atomic mass is 9.51. The molecule has 0 amide bonds. The number of hydrogen-bond acceptors (Lipinski definition) is 2. The lowest BCUT2D eigenvalue weighted by Crippen LogP contribution is -2.37. The van der Waals surface area contributed by atoms with Gasteiger partial charge in [-0.2, -0.15) is 0 Å². The van der Waals surface area contributed by atoms with Crippen molar-refractivity contribution in [2.75, 3.05) is 10.2 Å². The molecule has 2 nitrogen and oxygen atoms in total. The second kappa shape index (κ2) is 13.6. The van der Waals surface area contributed by atoms with E-state index < -0.39 is 0 Å². The van der Waals surface area contributed by atoms with Crippen LogP contribution in [0.2, 0.25) is 5.82 Å². The Hall–Kier alpha value is -3.98. The molecule has 1 N–H and O–H groups in total. The maximum atomic E-state index is 4.18. The number of aryl methyl sites for hydroxylation is 1. The molecular weight excluding hydrogens is 651 g/mol. The molecule has 2 bridgehead atoms. The fourth-order valence-electron chi connectivity index (χ4n) is 8.01. The van der Waals surface area contributed by atoms with Crippen LogP contribution in [0.25, 0.3) is 6.08 Å². The first-order chi connectivity index (χ1) is 24.8. The molecule has 2 unspecified atom stereocenters. The number of nitrogens with zero attached hydrogens (tertiary/aromatic N) is 1. The first-order valence-corrected chi connectivity index (χ1v) is 20.3. The zero-order chi connectivity index (χ0) is 39.8. The molecule has 0 spiro atoms. The highest BCUT2D eigenvalue weighted by molar-refractivity contribution is 6.59. The summed E-state index contributed by atoms with van der Waals surface area (Å²) in [6.45, 7) is 37.3. The van der Waals surface area contributed by atoms with Gasteiger partial charge in [0.1, 0.15) is 0 Å². The molecule has 54 heavy (non-hydrogen) atoms. The fourth-order valence-corrected chi connectivity index (χ4v) is 8.01. The third kappa shape index (κ3) is 8.17. The average Bonchev–Trinajstić information content (AvgIpc) is 3.02. The minimum absolute atomic E-state index is 0.00361. The normalized spacial score (nSPS) is 19.3. The molecule has 284 valence electrons. The number of anilines is 4. The largest absolute Gasteiger partial charge is 0.378 e. The van der Waals surface area contributed by atoms with Crippen LogP contribution >= 0.6 is 0 Å². The highest BCUT2D eigenvalue weighted by Crippen LogP contribution is 2.49. The summed E-state index contributed by atoms with van der Waals surface area (Å²) in [5.74, 6) is 0.208. The zero-order valence-corrected chi connectivity index (χ0v) is 36.5. The third-order valence-electron chi connectivity index (χ3n) is 11.7. The number of allylic oxidation sites excluding steroid dienone is 2. The second-order valence-corrected chi connectivity index (χ2v) is 21.5. The van der Waals surface area contributed by atoms with E-state index in [0.717, 1.165) is 13.0 Å². The maximum absolute atomic E-state index is 4.18. The SMILES string of the molecule is Cc1cc2c3c(c1)N(c1cc(C(C)(C)C)cc(C(C)(C)C)c1)c1cc(C(C)(C)C)ccc1C(Nc1ccc(C(C)(C)C)cc1)C(B3)/C=C(C(C)(C)C)\C=C/2. The summed E-state index contributed by atoms with van der Waals surface area (Å²) in [6.07, 6.45) is 7.39. The van der Waals surface area contributed by atoms with Crippen molar-refractivity contribution in [1.82, 2.24) is 0 Å². The summed E-state index contributed by atoms with van der Waals surface area (Å²) in [7, 11) is 0.925. The van der Waals surface area contributed by atoms with Gasteiger partial charge in [0.25, 0.3) is 0 Å². The lowest BCUT2D eigenvalue weighted by Gasteiger charge is -2.41. The summed E-state index contributed by atoms with van der Waals surface area (Å²) < 4.78 is 0. The minimum Gasteiger partial charge on any atom is -0.378 e. The van der Waals surface area contributed by atoms with E-state index in [-0.39, 0.29) is 38.9 Å². The van der Waals surface area contributed by atoms with Crippen LogP contribution in [-0.2, 0) is 21.7 Å². The highest BCUT2D eigenvalue weighted by Gasteiger charge is 2.36. The Balaban J connectivity index is 1.74. The summed E-state index contributed by atoms with van der Waals surface area (Å²) in [5, 5.41) is 4.18. The van der Waals surface area contributed by atoms with Crippen molar-refractivity contribution in [2.45, 2.75) is 144 Å². The molecule has 0 aromatic heterocycles. The number of hydrogen-bond donors (Lipinski definition) is 1. The van der Waals surface area contributed by atoms with E-state index in [2.05, 4.69) is 212 Å². The molecule has 4 aromatic carbocycles. The predicted molar refractivity (Wildman–Crippen MR) is 241 cm³/mol. The Morgan fingerprint density at radius 2 is 1.09 bits per heavy atom. The first-order valence-electron chi connectivity index (χ1n) is 20.3. The van der Waals surface area contributed by atoms with Crippen molar-refractivity contribution in [3.05, 3.63) is 129 Å². The van der Waals surface area contributed by atoms with Crippen molar-refractivity contribution >= 4 is 41.6 Å². The number of fused-ring (bicyclic) bond motifs is 2. The minimum atomic E-state index is -0.0217. The Morgan fingerprint density at radius 3 is 1.63 bits per heavy atom. The van der Waals surface area contributed by atoms with Gasteiger partial charge in [0.05, 0.1) is 11.7 Å². The van der Waals surface area contributed by atoms with Gasteiger partial charge in [0.15, 0.2) is 7.28 Å². The first kappa shape index (κ1) is 39.7. The zero-order valence-electron chi connectivity index (χ0n) is 36.5. The molecule has 3 heteroatoms. The van der Waals surface area contributed by atoms with Crippen molar-refractivity contribution in [3.63, 3.8) is 0 Å². The standard InChI is InChI=1S/C51H67BN2/c1-32-25-33-17-18-35(48(5,6)7)30-42-46(53-39-22-19-34(20-23-39)47(2,3)4)41-24-21-36(49(8,9)10)31-43(41)54(44(26-32)45(33)52-42)40-28-37(50(11,12)13)27-38(29-40)51(14,15)16/h17-31,42,46,52-53H,1-16H3/b18-17-,35-30+. The van der Waals surface area contributed by atoms with Crippen LogP contribution in [0.15, 0.2) is 90.5 Å². The molecule has 2 heterocycles. The van der Waals surface area contributed by atoms with Gasteiger partial charge in [0, 0.05) is 17.1 Å². The second-order valence-electron chi connectivity index (χ2n) is 21.5. The van der Waals surface area contributed by atoms with Gasteiger partial charge in [-0.15, -0.1) is 0 Å². The van der Waals surface area contributed by atoms with Crippen LogP contribution < -0.4 is 15.7 Å². The summed E-state index contributed by atoms with van der Waals surface area (Å²) in [5.41, 5.74) is 17.1. The van der Waals surface area contributed by atoms with E-state index >= 15 is 0 Å². The van der Waals surface area contributed by atoms with E-state index in [1.807, 2.05) is 0 Å². The molecule has 2 aliphatic heterocycles. The van der Waals surface area contributed by atoms with Gasteiger partial charge >= 0.3 is 0 Å². The molecule has 2 atom stereocenters. The van der Waals surface area contributed by atoms with Gasteiger partial charge < -0.3 is 10.2 Å². The van der Waals surface area contributed by atoms with E-state index in [4.69, 9.17) is 0 Å². The summed E-state index contributed by atoms with van der Waals surface area (Å²) >= 11 is 0. The van der Waals surface area contributed by atoms with Gasteiger partial charge in [-0.1, -0.05) is 164 Å². The van der Waals surface area contributed by atoms with Crippen LogP contribution in [0, 0.1) is 12.3 Å². The van der Waals surface area contributed by atoms with Gasteiger partial charge in [-0.25, -0.2) is 0 Å². The lowest BCUT2D eigenvalue weighted by molar-refractivity contribution is 0.513. The molecule has 2 aliphatic rings. The van der Waals surface area contributed by atoms with E-state index in [9.17, 15) is 0 Å². The molecule has 0 radical (unpaired) electrons. The molecule has 6 rings (SSSR count). The van der Waals surface area contributed by atoms with Crippen molar-refractivity contribution in [3.8, 4) is 0 Å². The van der Waals surface area contributed by atoms with Gasteiger partial charge in [-0.3, -0.25) is 0 Å². The molecular formula is C51H67BN2. The molecule has 0 saturated heterocycles. The maximum Gasteiger partial charge on any atom is 0.171 e. The number of rotatable bonds is 3. The summed E-state index contributed by atoms with van der Waals surface area (Å²) in [4.78, 5) is 2.64. The predicted octanol–water partition coefficient (Wildman–Crippen LogP) is 13.7. The number of benzene rings is 4. The topological polar surface area (TPSA) is 15.3 Å². The quantitative estimate of drug-likeness (QED) is 0.212. The smallest absolute Gasteiger partial charge is 0.171 e. The van der Waals surface area contributed by atoms with Crippen molar-refractivity contribution in [1.29, 1.82) is 0 Å². The van der Waals surface area contributed by atoms with E-state index in [1.54, 1.807) is 0 Å². The van der Waals surface area contributed by atoms with Crippen LogP contribution in [0.4, 0.5) is 22.7 Å². The molecule has 0 aliphatic carbocycles. The van der Waals surface area contributed by atoms with Gasteiger partial charge in [0.2, 0.25) is 0 Å². The fraction of sp³-hybridized carbons (Fsp3) is 0.451. The Morgan fingerprint density at radius 1 is 0.537 bits per heavy atom. The Kier molecular flexibility index (Phi) is 10.0. The summed E-state index contributed by atoms with van der Waals surface area (Å²) in [6, 6.07) is 28.8. The Bertz CT molecular complexity index is 2060. The molecule has 0 fully saturated rings. The average molecular weight is 719 g/mol. The Labute approximate surface area is 329 Å². The third-order valence-corrected chi connectivity index (χ3v) is 11.7. The van der Waals surface area contributed by atoms with Crippen LogP contribution in [-0.4, -0.2) is 7.28 Å². The van der Waals surface area contributed by atoms with E-state index in [1.165, 1.54) is 67.0 Å². The van der Waals surface area contributed by atoms with Crippen LogP contribution in [0.3, 0.4) is 0 Å².